The minimum Gasteiger partial charge on any atom is -0.378 e. The number of amides is 1. The van der Waals surface area contributed by atoms with Gasteiger partial charge in [0.1, 0.15) is 5.69 Å². The van der Waals surface area contributed by atoms with E-state index in [0.717, 1.165) is 32.4 Å². The Morgan fingerprint density at radius 3 is 2.87 bits per heavy atom. The zero-order chi connectivity index (χ0) is 16.7. The van der Waals surface area contributed by atoms with E-state index >= 15 is 0 Å². The molecule has 1 saturated carbocycles. The first-order valence-corrected chi connectivity index (χ1v) is 8.49. The molecule has 1 aromatic heterocycles. The number of hydrogen-bond donors (Lipinski definition) is 2. The molecule has 2 aliphatic rings. The predicted molar refractivity (Wildman–Crippen MR) is 88.4 cm³/mol. The normalized spacial score (nSPS) is 33.0. The number of nitrogens with one attached hydrogen (secondary N) is 2. The third-order valence-electron chi connectivity index (χ3n) is 6.07. The van der Waals surface area contributed by atoms with Crippen LogP contribution in [0.25, 0.3) is 0 Å². The largest absolute Gasteiger partial charge is 0.378 e. The van der Waals surface area contributed by atoms with Crippen LogP contribution in [0.1, 0.15) is 56.6 Å². The minimum absolute atomic E-state index is 0.0900. The molecule has 0 aromatic carbocycles. The molecule has 128 valence electrons. The van der Waals surface area contributed by atoms with Gasteiger partial charge in [-0.05, 0) is 38.8 Å². The van der Waals surface area contributed by atoms with Crippen LogP contribution < -0.4 is 10.6 Å². The average Bonchev–Trinajstić information content (AvgIpc) is 3.05. The van der Waals surface area contributed by atoms with E-state index in [1.165, 1.54) is 0 Å². The number of piperidine rings is 1. The van der Waals surface area contributed by atoms with E-state index in [2.05, 4.69) is 36.5 Å². The Balaban J connectivity index is 1.62. The molecule has 1 amide bonds. The summed E-state index contributed by atoms with van der Waals surface area (Å²) < 4.78 is 7.53. The SMILES string of the molecule is COC1(C)CC(NC(=O)c2ccn(C3CCCNC3)n2)C1(C)C. The van der Waals surface area contributed by atoms with Gasteiger partial charge in [0.2, 0.25) is 0 Å². The fourth-order valence-electron chi connectivity index (χ4n) is 3.68. The Morgan fingerprint density at radius 2 is 2.26 bits per heavy atom. The predicted octanol–water partition coefficient (Wildman–Crippen LogP) is 1.74. The molecule has 6 nitrogen and oxygen atoms in total. The highest BCUT2D eigenvalue weighted by atomic mass is 16.5. The Labute approximate surface area is 138 Å². The molecule has 2 N–H and O–H groups in total. The van der Waals surface area contributed by atoms with Crippen molar-refractivity contribution in [2.24, 2.45) is 5.41 Å². The van der Waals surface area contributed by atoms with E-state index in [4.69, 9.17) is 4.74 Å². The van der Waals surface area contributed by atoms with Gasteiger partial charge in [-0.3, -0.25) is 9.48 Å². The summed E-state index contributed by atoms with van der Waals surface area (Å²) in [5, 5.41) is 11.0. The van der Waals surface area contributed by atoms with Gasteiger partial charge in [0.15, 0.2) is 0 Å². The monoisotopic (exact) mass is 320 g/mol. The summed E-state index contributed by atoms with van der Waals surface area (Å²) in [6.45, 7) is 8.36. The topological polar surface area (TPSA) is 68.2 Å². The van der Waals surface area contributed by atoms with Crippen molar-refractivity contribution in [1.82, 2.24) is 20.4 Å². The number of methoxy groups -OCH3 is 1. The van der Waals surface area contributed by atoms with E-state index in [1.807, 2.05) is 16.9 Å². The van der Waals surface area contributed by atoms with Crippen LogP contribution >= 0.6 is 0 Å². The molecule has 6 heteroatoms. The van der Waals surface area contributed by atoms with Gasteiger partial charge in [-0.25, -0.2) is 0 Å². The van der Waals surface area contributed by atoms with Crippen LogP contribution in [0, 0.1) is 5.41 Å². The van der Waals surface area contributed by atoms with Gasteiger partial charge < -0.3 is 15.4 Å². The standard InChI is InChI=1S/C17H28N4O2/c1-16(2)14(10-17(16,3)23-4)19-15(22)13-7-9-21(20-13)12-6-5-8-18-11-12/h7,9,12,14,18H,5-6,8,10-11H2,1-4H3,(H,19,22). The van der Waals surface area contributed by atoms with E-state index in [0.29, 0.717) is 11.7 Å². The summed E-state index contributed by atoms with van der Waals surface area (Å²) in [5.74, 6) is -0.0938. The van der Waals surface area contributed by atoms with Gasteiger partial charge in [0.05, 0.1) is 11.6 Å². The number of hydrogen-bond acceptors (Lipinski definition) is 4. The van der Waals surface area contributed by atoms with Crippen LogP contribution in [-0.4, -0.2) is 47.5 Å². The lowest BCUT2D eigenvalue weighted by molar-refractivity contribution is -0.177. The fraction of sp³-hybridized carbons (Fsp3) is 0.765. The molecule has 0 radical (unpaired) electrons. The highest BCUT2D eigenvalue weighted by Crippen LogP contribution is 2.51. The Bertz CT molecular complexity index is 577. The Kier molecular flexibility index (Phi) is 4.23. The Hall–Kier alpha value is -1.40. The van der Waals surface area contributed by atoms with E-state index in [1.54, 1.807) is 7.11 Å². The van der Waals surface area contributed by atoms with Crippen LogP contribution in [0.15, 0.2) is 12.3 Å². The van der Waals surface area contributed by atoms with Crippen LogP contribution in [0.4, 0.5) is 0 Å². The first-order valence-electron chi connectivity index (χ1n) is 8.49. The molecule has 1 aliphatic heterocycles. The molecule has 1 saturated heterocycles. The molecule has 3 rings (SSSR count). The maximum Gasteiger partial charge on any atom is 0.272 e. The van der Waals surface area contributed by atoms with Gasteiger partial charge in [-0.1, -0.05) is 13.8 Å². The van der Waals surface area contributed by atoms with Crippen LogP contribution in [0.3, 0.4) is 0 Å². The van der Waals surface area contributed by atoms with Crippen LogP contribution in [0.2, 0.25) is 0 Å². The second-order valence-electron chi connectivity index (χ2n) is 7.57. The van der Waals surface area contributed by atoms with E-state index in [-0.39, 0.29) is 23.0 Å². The fourth-order valence-corrected chi connectivity index (χ4v) is 3.68. The number of nitrogens with zero attached hydrogens (tertiary/aromatic N) is 2. The summed E-state index contributed by atoms with van der Waals surface area (Å²) in [5.41, 5.74) is 0.225. The molecule has 1 aromatic rings. The van der Waals surface area contributed by atoms with Gasteiger partial charge in [0.25, 0.3) is 5.91 Å². The molecule has 23 heavy (non-hydrogen) atoms. The third kappa shape index (κ3) is 2.78. The molecule has 3 atom stereocenters. The van der Waals surface area contributed by atoms with Crippen molar-refractivity contribution in [1.29, 1.82) is 0 Å². The van der Waals surface area contributed by atoms with Gasteiger partial charge in [-0.2, -0.15) is 5.10 Å². The van der Waals surface area contributed by atoms with Gasteiger partial charge >= 0.3 is 0 Å². The first-order chi connectivity index (χ1) is 10.9. The van der Waals surface area contributed by atoms with Gasteiger partial charge in [0, 0.05) is 31.3 Å². The summed E-state index contributed by atoms with van der Waals surface area (Å²) in [6.07, 6.45) is 5.00. The number of ether oxygens (including phenoxy) is 1. The maximum absolute atomic E-state index is 12.5. The summed E-state index contributed by atoms with van der Waals surface area (Å²) >= 11 is 0. The molecule has 0 bridgehead atoms. The van der Waals surface area contributed by atoms with E-state index in [9.17, 15) is 4.79 Å². The molecule has 0 spiro atoms. The number of rotatable bonds is 4. The van der Waals surface area contributed by atoms with Crippen LogP contribution in [-0.2, 0) is 4.74 Å². The third-order valence-corrected chi connectivity index (χ3v) is 6.07. The first kappa shape index (κ1) is 16.5. The number of carbonyl (C=O) groups excluding carboxylic acids is 1. The van der Waals surface area contributed by atoms with Crippen molar-refractivity contribution in [3.05, 3.63) is 18.0 Å². The smallest absolute Gasteiger partial charge is 0.272 e. The summed E-state index contributed by atoms with van der Waals surface area (Å²) in [6, 6.07) is 2.27. The quantitative estimate of drug-likeness (QED) is 0.887. The molecular weight excluding hydrogens is 292 g/mol. The summed E-state index contributed by atoms with van der Waals surface area (Å²) in [4.78, 5) is 12.5. The Morgan fingerprint density at radius 1 is 1.48 bits per heavy atom. The molecule has 2 heterocycles. The minimum atomic E-state index is -0.182. The van der Waals surface area contributed by atoms with Crippen molar-refractivity contribution >= 4 is 5.91 Å². The number of carbonyl (C=O) groups is 1. The zero-order valence-corrected chi connectivity index (χ0v) is 14.6. The molecule has 1 aliphatic carbocycles. The second-order valence-corrected chi connectivity index (χ2v) is 7.57. The zero-order valence-electron chi connectivity index (χ0n) is 14.6. The molecule has 2 fully saturated rings. The summed E-state index contributed by atoms with van der Waals surface area (Å²) in [7, 11) is 1.74. The van der Waals surface area contributed by atoms with Crippen molar-refractivity contribution in [3.8, 4) is 0 Å². The van der Waals surface area contributed by atoms with Crippen molar-refractivity contribution in [2.75, 3.05) is 20.2 Å². The molecule has 3 unspecified atom stereocenters. The highest BCUT2D eigenvalue weighted by Gasteiger charge is 2.58. The maximum atomic E-state index is 12.5. The van der Waals surface area contributed by atoms with Crippen molar-refractivity contribution < 1.29 is 9.53 Å². The highest BCUT2D eigenvalue weighted by molar-refractivity contribution is 5.92. The molecular formula is C17H28N4O2. The van der Waals surface area contributed by atoms with Crippen molar-refractivity contribution in [2.45, 2.75) is 57.7 Å². The average molecular weight is 320 g/mol. The van der Waals surface area contributed by atoms with Gasteiger partial charge in [-0.15, -0.1) is 0 Å². The number of aromatic nitrogens is 2. The van der Waals surface area contributed by atoms with Crippen molar-refractivity contribution in [3.63, 3.8) is 0 Å². The lowest BCUT2D eigenvalue weighted by Crippen LogP contribution is -2.68. The van der Waals surface area contributed by atoms with E-state index < -0.39 is 0 Å². The lowest BCUT2D eigenvalue weighted by atomic mass is 9.56. The lowest BCUT2D eigenvalue weighted by Gasteiger charge is -2.59. The van der Waals surface area contributed by atoms with Crippen LogP contribution in [0.5, 0.6) is 0 Å². The second kappa shape index (κ2) is 5.91.